The standard InChI is InChI=1S/C13H21N5/c1-9(2)4-11(14)7-15-12-5-10(3)6-13-16-8-17-18(12)13/h5-6,8-9,11,15H,4,7,14H2,1-3H3. The number of hydrogen-bond acceptors (Lipinski definition) is 4. The number of fused-ring (bicyclic) bond motifs is 1. The Balaban J connectivity index is 2.09. The molecule has 2 rings (SSSR count). The first kappa shape index (κ1) is 12.8. The zero-order valence-electron chi connectivity index (χ0n) is 11.2. The molecule has 0 saturated carbocycles. The highest BCUT2D eigenvalue weighted by molar-refractivity contribution is 5.51. The number of pyridine rings is 1. The second kappa shape index (κ2) is 5.35. The van der Waals surface area contributed by atoms with Gasteiger partial charge in [0, 0.05) is 12.6 Å². The Hall–Kier alpha value is -1.62. The fourth-order valence-corrected chi connectivity index (χ4v) is 2.11. The van der Waals surface area contributed by atoms with Gasteiger partial charge in [-0.1, -0.05) is 13.8 Å². The lowest BCUT2D eigenvalue weighted by molar-refractivity contribution is 0.507. The molecule has 0 aliphatic rings. The van der Waals surface area contributed by atoms with Gasteiger partial charge in [0.05, 0.1) is 0 Å². The summed E-state index contributed by atoms with van der Waals surface area (Å²) in [5, 5.41) is 7.56. The Labute approximate surface area is 107 Å². The van der Waals surface area contributed by atoms with Gasteiger partial charge in [-0.2, -0.15) is 9.61 Å². The number of rotatable bonds is 5. The molecule has 0 bridgehead atoms. The minimum Gasteiger partial charge on any atom is -0.368 e. The molecule has 2 aromatic heterocycles. The maximum absolute atomic E-state index is 6.07. The molecule has 2 aromatic rings. The molecule has 0 aromatic carbocycles. The maximum atomic E-state index is 6.07. The summed E-state index contributed by atoms with van der Waals surface area (Å²) < 4.78 is 1.80. The van der Waals surface area contributed by atoms with Crippen molar-refractivity contribution in [1.82, 2.24) is 14.6 Å². The van der Waals surface area contributed by atoms with Crippen molar-refractivity contribution in [2.24, 2.45) is 11.7 Å². The lowest BCUT2D eigenvalue weighted by Crippen LogP contribution is -2.31. The highest BCUT2D eigenvalue weighted by Gasteiger charge is 2.08. The molecule has 0 aliphatic carbocycles. The highest BCUT2D eigenvalue weighted by Crippen LogP contribution is 2.13. The van der Waals surface area contributed by atoms with Crippen LogP contribution in [0.4, 0.5) is 5.82 Å². The summed E-state index contributed by atoms with van der Waals surface area (Å²) in [6.45, 7) is 7.16. The number of hydrogen-bond donors (Lipinski definition) is 2. The third-order valence-corrected chi connectivity index (χ3v) is 2.84. The van der Waals surface area contributed by atoms with Crippen molar-refractivity contribution in [2.75, 3.05) is 11.9 Å². The smallest absolute Gasteiger partial charge is 0.157 e. The zero-order valence-corrected chi connectivity index (χ0v) is 11.2. The van der Waals surface area contributed by atoms with E-state index in [1.165, 1.54) is 0 Å². The second-order valence-corrected chi connectivity index (χ2v) is 5.22. The molecule has 1 unspecified atom stereocenters. The lowest BCUT2D eigenvalue weighted by Gasteiger charge is -2.16. The van der Waals surface area contributed by atoms with E-state index in [0.29, 0.717) is 5.92 Å². The summed E-state index contributed by atoms with van der Waals surface area (Å²) in [7, 11) is 0. The van der Waals surface area contributed by atoms with Crippen molar-refractivity contribution in [2.45, 2.75) is 33.2 Å². The third-order valence-electron chi connectivity index (χ3n) is 2.84. The van der Waals surface area contributed by atoms with E-state index < -0.39 is 0 Å². The summed E-state index contributed by atoms with van der Waals surface area (Å²) in [4.78, 5) is 4.20. The van der Waals surface area contributed by atoms with Crippen molar-refractivity contribution in [3.8, 4) is 0 Å². The van der Waals surface area contributed by atoms with E-state index in [-0.39, 0.29) is 6.04 Å². The summed E-state index contributed by atoms with van der Waals surface area (Å²) >= 11 is 0. The van der Waals surface area contributed by atoms with Crippen LogP contribution in [0.2, 0.25) is 0 Å². The van der Waals surface area contributed by atoms with Gasteiger partial charge in [0.25, 0.3) is 0 Å². The van der Waals surface area contributed by atoms with Crippen LogP contribution >= 0.6 is 0 Å². The van der Waals surface area contributed by atoms with Gasteiger partial charge in [-0.15, -0.1) is 0 Å². The number of nitrogens with one attached hydrogen (secondary N) is 1. The maximum Gasteiger partial charge on any atom is 0.157 e. The van der Waals surface area contributed by atoms with E-state index >= 15 is 0 Å². The molecule has 0 radical (unpaired) electrons. The molecule has 3 N–H and O–H groups in total. The van der Waals surface area contributed by atoms with E-state index in [4.69, 9.17) is 5.73 Å². The minimum absolute atomic E-state index is 0.157. The Morgan fingerprint density at radius 3 is 2.89 bits per heavy atom. The Morgan fingerprint density at radius 2 is 2.17 bits per heavy atom. The summed E-state index contributed by atoms with van der Waals surface area (Å²) in [5.41, 5.74) is 8.09. The quantitative estimate of drug-likeness (QED) is 0.845. The molecule has 1 atom stereocenters. The first-order valence-electron chi connectivity index (χ1n) is 6.36. The van der Waals surface area contributed by atoms with Crippen LogP contribution in [0.3, 0.4) is 0 Å². The fraction of sp³-hybridized carbons (Fsp3) is 0.538. The predicted octanol–water partition coefficient (Wildman–Crippen LogP) is 1.82. The Bertz CT molecular complexity index is 517. The fourth-order valence-electron chi connectivity index (χ4n) is 2.11. The third kappa shape index (κ3) is 2.98. The topological polar surface area (TPSA) is 68.2 Å². The minimum atomic E-state index is 0.157. The molecular formula is C13H21N5. The van der Waals surface area contributed by atoms with E-state index in [1.54, 1.807) is 10.8 Å². The van der Waals surface area contributed by atoms with Gasteiger partial charge in [0.15, 0.2) is 5.65 Å². The number of aromatic nitrogens is 3. The van der Waals surface area contributed by atoms with E-state index in [1.807, 2.05) is 13.0 Å². The van der Waals surface area contributed by atoms with Crippen LogP contribution in [0.25, 0.3) is 5.65 Å². The van der Waals surface area contributed by atoms with Gasteiger partial charge in [0.2, 0.25) is 0 Å². The Kier molecular flexibility index (Phi) is 3.81. The predicted molar refractivity (Wildman–Crippen MR) is 73.6 cm³/mol. The number of aryl methyl sites for hydroxylation is 1. The molecule has 2 heterocycles. The van der Waals surface area contributed by atoms with Crippen molar-refractivity contribution >= 4 is 11.5 Å². The number of nitrogens with zero attached hydrogens (tertiary/aromatic N) is 3. The molecule has 0 fully saturated rings. The van der Waals surface area contributed by atoms with Crippen molar-refractivity contribution in [1.29, 1.82) is 0 Å². The summed E-state index contributed by atoms with van der Waals surface area (Å²) in [6.07, 6.45) is 2.58. The van der Waals surface area contributed by atoms with Crippen LogP contribution < -0.4 is 11.1 Å². The molecule has 0 aliphatic heterocycles. The molecule has 18 heavy (non-hydrogen) atoms. The van der Waals surface area contributed by atoms with Crippen molar-refractivity contribution < 1.29 is 0 Å². The van der Waals surface area contributed by atoms with E-state index in [0.717, 1.165) is 30.0 Å². The van der Waals surface area contributed by atoms with E-state index in [9.17, 15) is 0 Å². The van der Waals surface area contributed by atoms with Gasteiger partial charge in [-0.05, 0) is 37.0 Å². The van der Waals surface area contributed by atoms with Crippen LogP contribution in [0.1, 0.15) is 25.8 Å². The average molecular weight is 247 g/mol. The van der Waals surface area contributed by atoms with Crippen molar-refractivity contribution in [3.63, 3.8) is 0 Å². The van der Waals surface area contributed by atoms with Crippen LogP contribution in [-0.2, 0) is 0 Å². The van der Waals surface area contributed by atoms with E-state index in [2.05, 4.69) is 35.3 Å². The van der Waals surface area contributed by atoms with Gasteiger partial charge >= 0.3 is 0 Å². The lowest BCUT2D eigenvalue weighted by atomic mass is 10.0. The monoisotopic (exact) mass is 247 g/mol. The highest BCUT2D eigenvalue weighted by atomic mass is 15.3. The SMILES string of the molecule is Cc1cc(NCC(N)CC(C)C)n2ncnc2c1. The van der Waals surface area contributed by atoms with Crippen LogP contribution in [0, 0.1) is 12.8 Å². The summed E-state index contributed by atoms with van der Waals surface area (Å²) in [6, 6.07) is 4.22. The number of nitrogens with two attached hydrogens (primary N) is 1. The van der Waals surface area contributed by atoms with Crippen molar-refractivity contribution in [3.05, 3.63) is 24.0 Å². The van der Waals surface area contributed by atoms with Crippen LogP contribution in [-0.4, -0.2) is 27.2 Å². The number of anilines is 1. The normalized spacial score (nSPS) is 13.2. The second-order valence-electron chi connectivity index (χ2n) is 5.22. The van der Waals surface area contributed by atoms with Gasteiger partial charge in [0.1, 0.15) is 12.1 Å². The average Bonchev–Trinajstić information content (AvgIpc) is 2.72. The molecule has 5 nitrogen and oxygen atoms in total. The van der Waals surface area contributed by atoms with Gasteiger partial charge < -0.3 is 11.1 Å². The zero-order chi connectivity index (χ0) is 13.1. The first-order chi connectivity index (χ1) is 8.56. The molecule has 0 spiro atoms. The van der Waals surface area contributed by atoms with Gasteiger partial charge in [-0.25, -0.2) is 4.98 Å². The Morgan fingerprint density at radius 1 is 1.39 bits per heavy atom. The molecular weight excluding hydrogens is 226 g/mol. The summed E-state index contributed by atoms with van der Waals surface area (Å²) in [5.74, 6) is 1.56. The molecule has 98 valence electrons. The largest absolute Gasteiger partial charge is 0.368 e. The molecule has 0 amide bonds. The van der Waals surface area contributed by atoms with Crippen LogP contribution in [0.5, 0.6) is 0 Å². The first-order valence-corrected chi connectivity index (χ1v) is 6.36. The van der Waals surface area contributed by atoms with Crippen LogP contribution in [0.15, 0.2) is 18.5 Å². The molecule has 5 heteroatoms. The van der Waals surface area contributed by atoms with Gasteiger partial charge in [-0.3, -0.25) is 0 Å². The molecule has 0 saturated heterocycles.